The number of pyridine rings is 1. The summed E-state index contributed by atoms with van der Waals surface area (Å²) >= 11 is 0. The number of hydrogen-bond acceptors (Lipinski definition) is 7. The Kier molecular flexibility index (Phi) is 8.88. The number of nitrogens with one attached hydrogen (secondary N) is 2. The van der Waals surface area contributed by atoms with E-state index in [1.54, 1.807) is 19.4 Å². The summed E-state index contributed by atoms with van der Waals surface area (Å²) < 4.78 is 21.1. The molecule has 1 atom stereocenters. The molecule has 0 saturated carbocycles. The first-order valence-corrected chi connectivity index (χ1v) is 15.6. The molecule has 0 aliphatic carbocycles. The maximum Gasteiger partial charge on any atom is 0.291 e. The second-order valence-electron chi connectivity index (χ2n) is 12.2. The molecule has 10 nitrogen and oxygen atoms in total. The zero-order valence-electron chi connectivity index (χ0n) is 27.0. The monoisotopic (exact) mass is 625 g/mol. The van der Waals surface area contributed by atoms with Crippen molar-refractivity contribution >= 4 is 23.2 Å². The Morgan fingerprint density at radius 1 is 1.00 bits per heavy atom. The smallest absolute Gasteiger partial charge is 0.291 e. The lowest BCUT2D eigenvalue weighted by atomic mass is 9.94. The van der Waals surface area contributed by atoms with Crippen LogP contribution in [0.25, 0.3) is 11.1 Å². The van der Waals surface area contributed by atoms with E-state index in [2.05, 4.69) is 32.5 Å². The van der Waals surface area contributed by atoms with E-state index in [-0.39, 0.29) is 17.5 Å². The molecule has 0 bridgehead atoms. The van der Waals surface area contributed by atoms with Crippen LogP contribution in [-0.4, -0.2) is 76.1 Å². The van der Waals surface area contributed by atoms with Crippen molar-refractivity contribution in [2.45, 2.75) is 46.0 Å². The van der Waals surface area contributed by atoms with E-state index < -0.39 is 6.17 Å². The van der Waals surface area contributed by atoms with E-state index in [0.717, 1.165) is 58.7 Å². The van der Waals surface area contributed by atoms with Gasteiger partial charge in [0, 0.05) is 81.1 Å². The highest BCUT2D eigenvalue weighted by atomic mass is 19.1. The van der Waals surface area contributed by atoms with Gasteiger partial charge in [0.15, 0.2) is 5.82 Å². The maximum atomic E-state index is 13.7. The molecule has 1 fully saturated rings. The average Bonchev–Trinajstić information content (AvgIpc) is 3.60. The van der Waals surface area contributed by atoms with Crippen LogP contribution in [0, 0.1) is 13.8 Å². The molecule has 2 aromatic carbocycles. The molecule has 1 saturated heterocycles. The van der Waals surface area contributed by atoms with Crippen LogP contribution in [0.3, 0.4) is 0 Å². The molecule has 4 heterocycles. The minimum atomic E-state index is -0.813. The number of halogens is 1. The largest absolute Gasteiger partial charge is 0.496 e. The Labute approximate surface area is 268 Å². The predicted molar refractivity (Wildman–Crippen MR) is 176 cm³/mol. The standard InChI is InChI=1S/C35H40FN7O3/c1-21-25(26-9-7-11-28(22(26)2)40-35(45)33-38-30-20-41(3)14-13-31(30)42(33)4)8-6-10-27(21)39-34(44)29-16-32(46-5)23(17-37-29)18-43-15-12-24(36)19-43/h6-11,16-17,24H,12-15,18-20H2,1-5H3,(H,39,44)(H,40,45). The van der Waals surface area contributed by atoms with Crippen molar-refractivity contribution in [3.63, 3.8) is 0 Å². The molecule has 46 heavy (non-hydrogen) atoms. The van der Waals surface area contributed by atoms with E-state index in [4.69, 9.17) is 4.74 Å². The number of amides is 2. The Bertz CT molecular complexity index is 1800. The first-order chi connectivity index (χ1) is 22.1. The van der Waals surface area contributed by atoms with Gasteiger partial charge in [-0.25, -0.2) is 9.37 Å². The first-order valence-electron chi connectivity index (χ1n) is 15.6. The van der Waals surface area contributed by atoms with Crippen molar-refractivity contribution in [1.82, 2.24) is 24.3 Å². The van der Waals surface area contributed by atoms with Gasteiger partial charge in [0.25, 0.3) is 11.8 Å². The number of imidazole rings is 1. The number of ether oxygens (including phenoxy) is 1. The minimum absolute atomic E-state index is 0.221. The Morgan fingerprint density at radius 2 is 1.67 bits per heavy atom. The number of carbonyl (C=O) groups is 2. The van der Waals surface area contributed by atoms with Gasteiger partial charge in [-0.15, -0.1) is 0 Å². The van der Waals surface area contributed by atoms with E-state index in [9.17, 15) is 14.0 Å². The fourth-order valence-electron chi connectivity index (χ4n) is 6.42. The summed E-state index contributed by atoms with van der Waals surface area (Å²) in [4.78, 5) is 40.0. The lowest BCUT2D eigenvalue weighted by molar-refractivity contribution is 0.100. The zero-order valence-corrected chi connectivity index (χ0v) is 27.0. The molecule has 2 amide bonds. The Balaban J connectivity index is 1.20. The average molecular weight is 626 g/mol. The van der Waals surface area contributed by atoms with Gasteiger partial charge in [0.1, 0.15) is 17.6 Å². The van der Waals surface area contributed by atoms with Crippen LogP contribution < -0.4 is 15.4 Å². The van der Waals surface area contributed by atoms with Crippen molar-refractivity contribution in [1.29, 1.82) is 0 Å². The van der Waals surface area contributed by atoms with E-state index in [1.165, 1.54) is 0 Å². The van der Waals surface area contributed by atoms with Crippen LogP contribution in [0.2, 0.25) is 0 Å². The molecule has 240 valence electrons. The third kappa shape index (κ3) is 6.25. The van der Waals surface area contributed by atoms with Crippen LogP contribution in [-0.2, 0) is 26.6 Å². The predicted octanol–water partition coefficient (Wildman–Crippen LogP) is 5.14. The number of likely N-dealkylation sites (tertiary alicyclic amines) is 1. The van der Waals surface area contributed by atoms with Gasteiger partial charge in [-0.05, 0) is 61.7 Å². The van der Waals surface area contributed by atoms with E-state index >= 15 is 0 Å². The summed E-state index contributed by atoms with van der Waals surface area (Å²) in [5.74, 6) is 0.324. The molecule has 2 aromatic heterocycles. The zero-order chi connectivity index (χ0) is 32.5. The summed E-state index contributed by atoms with van der Waals surface area (Å²) in [6.45, 7) is 7.18. The molecule has 1 unspecified atom stereocenters. The molecule has 11 heteroatoms. The number of hydrogen-bond donors (Lipinski definition) is 2. The van der Waals surface area contributed by atoms with Crippen molar-refractivity contribution in [2.24, 2.45) is 7.05 Å². The lowest BCUT2D eigenvalue weighted by Crippen LogP contribution is -2.27. The lowest BCUT2D eigenvalue weighted by Gasteiger charge is -2.21. The summed E-state index contributed by atoms with van der Waals surface area (Å²) in [6, 6.07) is 13.2. The number of benzene rings is 2. The highest BCUT2D eigenvalue weighted by Gasteiger charge is 2.25. The van der Waals surface area contributed by atoms with Crippen molar-refractivity contribution < 1.29 is 18.7 Å². The number of nitrogens with zero attached hydrogens (tertiary/aromatic N) is 5. The van der Waals surface area contributed by atoms with Gasteiger partial charge in [0.05, 0.1) is 12.8 Å². The topological polar surface area (TPSA) is 105 Å². The van der Waals surface area contributed by atoms with Gasteiger partial charge in [-0.1, -0.05) is 24.3 Å². The molecule has 4 aromatic rings. The SMILES string of the molecule is COc1cc(C(=O)Nc2cccc(-c3cccc(NC(=O)c4nc5c(n4C)CCN(C)C5)c3C)c2C)ncc1CN1CCC(F)C1. The van der Waals surface area contributed by atoms with E-state index in [1.807, 2.05) is 66.8 Å². The summed E-state index contributed by atoms with van der Waals surface area (Å²) in [7, 11) is 5.51. The number of likely N-dealkylation sites (N-methyl/N-ethyl adjacent to an activating group) is 1. The number of anilines is 2. The second-order valence-corrected chi connectivity index (χ2v) is 12.2. The first kappa shape index (κ1) is 31.4. The summed E-state index contributed by atoms with van der Waals surface area (Å²) in [6.07, 6.45) is 2.20. The number of aromatic nitrogens is 3. The highest BCUT2D eigenvalue weighted by molar-refractivity contribution is 6.05. The number of fused-ring (bicyclic) bond motifs is 1. The second kappa shape index (κ2) is 13.0. The van der Waals surface area contributed by atoms with Crippen molar-refractivity contribution in [3.05, 3.63) is 88.3 Å². The van der Waals surface area contributed by atoms with Gasteiger partial charge in [-0.3, -0.25) is 19.5 Å². The number of methoxy groups -OCH3 is 1. The molecular weight excluding hydrogens is 585 g/mol. The van der Waals surface area contributed by atoms with Crippen molar-refractivity contribution in [2.75, 3.05) is 44.4 Å². The van der Waals surface area contributed by atoms with Gasteiger partial charge in [0.2, 0.25) is 0 Å². The minimum Gasteiger partial charge on any atom is -0.496 e. The third-order valence-corrected chi connectivity index (χ3v) is 9.11. The quantitative estimate of drug-likeness (QED) is 0.279. The Hall–Kier alpha value is -4.61. The highest BCUT2D eigenvalue weighted by Crippen LogP contribution is 2.34. The molecule has 0 radical (unpaired) electrons. The summed E-state index contributed by atoms with van der Waals surface area (Å²) in [5, 5.41) is 6.08. The normalized spacial score (nSPS) is 16.7. The molecule has 2 aliphatic heterocycles. The van der Waals surface area contributed by atoms with Crippen LogP contribution >= 0.6 is 0 Å². The molecular formula is C35H40FN7O3. The molecule has 2 aliphatic rings. The van der Waals surface area contributed by atoms with E-state index in [0.29, 0.717) is 49.0 Å². The number of alkyl halides is 1. The van der Waals surface area contributed by atoms with Crippen LogP contribution in [0.5, 0.6) is 5.75 Å². The number of carbonyl (C=O) groups excluding carboxylic acids is 2. The van der Waals surface area contributed by atoms with Crippen LogP contribution in [0.4, 0.5) is 15.8 Å². The maximum absolute atomic E-state index is 13.7. The van der Waals surface area contributed by atoms with Gasteiger partial charge in [-0.2, -0.15) is 0 Å². The van der Waals surface area contributed by atoms with Crippen molar-refractivity contribution in [3.8, 4) is 16.9 Å². The summed E-state index contributed by atoms with van der Waals surface area (Å²) in [5.41, 5.74) is 8.07. The fourth-order valence-corrected chi connectivity index (χ4v) is 6.42. The van der Waals surface area contributed by atoms with Crippen LogP contribution in [0.15, 0.2) is 48.7 Å². The molecule has 2 N–H and O–H groups in total. The molecule has 6 rings (SSSR count). The third-order valence-electron chi connectivity index (χ3n) is 9.11. The fraction of sp³-hybridized carbons (Fsp3) is 0.371. The Morgan fingerprint density at radius 3 is 2.30 bits per heavy atom. The number of rotatable bonds is 8. The molecule has 0 spiro atoms. The van der Waals surface area contributed by atoms with Gasteiger partial charge < -0.3 is 24.8 Å². The van der Waals surface area contributed by atoms with Gasteiger partial charge >= 0.3 is 0 Å². The van der Waals surface area contributed by atoms with Crippen LogP contribution in [0.1, 0.15) is 55.6 Å².